The Bertz CT molecular complexity index is 2960. The molecule has 4 aromatic heterocycles. The standard InChI is InChI=1S/C25H24FN7O.C19H14FN5.C5H12N2.2CH4/c1-16-20-13-18(5-8-22(20)29-15-28-16)21-14-27-24(30-23(21)17-3-6-19(26)7-4-17)31-25(34)33-11-9-32(2)10-12-33;1-11-15-8-13(4-7-17(15)24-10-23-11)16-9-22-19(21)25-18(16)12-2-5-14(20)6-3-12;1-7-4-2-6-3-5-7;;/h3-8,13-15H,9-12H2,1-2H3,(H,27,30,31,34);2-10H,1H3,(H2,21,22,25);6H,2-5H2,1H3;2*1H4. The molecule has 2 fully saturated rings. The van der Waals surface area contributed by atoms with Gasteiger partial charge in [0.2, 0.25) is 11.9 Å². The molecule has 0 aliphatic carbocycles. The highest BCUT2D eigenvalue weighted by atomic mass is 19.1. The van der Waals surface area contributed by atoms with Crippen molar-refractivity contribution in [3.05, 3.63) is 133 Å². The number of nitrogens with two attached hydrogens (primary N) is 1. The third kappa shape index (κ3) is 12.1. The average Bonchev–Trinajstić information content (AvgIpc) is 3.33. The van der Waals surface area contributed by atoms with Gasteiger partial charge in [-0.05, 0) is 112 Å². The number of halogens is 2. The van der Waals surface area contributed by atoms with Crippen molar-refractivity contribution in [2.75, 3.05) is 77.5 Å². The van der Waals surface area contributed by atoms with E-state index in [1.54, 1.807) is 54.2 Å². The first-order chi connectivity index (χ1) is 32.0. The van der Waals surface area contributed by atoms with Crippen LogP contribution in [0.4, 0.5) is 25.5 Å². The van der Waals surface area contributed by atoms with Crippen molar-refractivity contribution in [2.45, 2.75) is 28.7 Å². The van der Waals surface area contributed by atoms with E-state index in [1.165, 1.54) is 37.4 Å². The SMILES string of the molecule is C.C.CN1CCNCC1.Cc1ncnc2ccc(-c3cnc(N)nc3-c3ccc(F)cc3)cc12.Cc1ncnc2ccc(-c3cnc(NC(=O)N4CCN(C)CC4)nc3-c3ccc(F)cc3)cc12. The Kier molecular flexibility index (Phi) is 16.8. The fourth-order valence-corrected chi connectivity index (χ4v) is 7.58. The van der Waals surface area contributed by atoms with Gasteiger partial charge in [-0.1, -0.05) is 27.0 Å². The smallest absolute Gasteiger partial charge is 0.324 e. The van der Waals surface area contributed by atoms with Gasteiger partial charge in [-0.3, -0.25) is 5.32 Å². The number of hydrogen-bond acceptors (Lipinski definition) is 13. The summed E-state index contributed by atoms with van der Waals surface area (Å²) in [5.41, 5.74) is 15.4. The zero-order valence-electron chi connectivity index (χ0n) is 37.2. The largest absolute Gasteiger partial charge is 0.368 e. The molecule has 15 nitrogen and oxygen atoms in total. The number of amides is 2. The van der Waals surface area contributed by atoms with Gasteiger partial charge in [-0.2, -0.15) is 0 Å². The predicted octanol–water partition coefficient (Wildman–Crippen LogP) is 8.56. The number of carbonyl (C=O) groups is 1. The van der Waals surface area contributed by atoms with Gasteiger partial charge in [0.05, 0.1) is 22.4 Å². The highest BCUT2D eigenvalue weighted by Gasteiger charge is 2.21. The Hall–Kier alpha value is -7.47. The first kappa shape index (κ1) is 50.0. The van der Waals surface area contributed by atoms with Gasteiger partial charge in [0.15, 0.2) is 0 Å². The van der Waals surface area contributed by atoms with Crippen LogP contribution < -0.4 is 16.4 Å². The van der Waals surface area contributed by atoms with Crippen molar-refractivity contribution in [1.29, 1.82) is 0 Å². The molecule has 2 aliphatic heterocycles. The van der Waals surface area contributed by atoms with E-state index < -0.39 is 0 Å². The van der Waals surface area contributed by atoms with Crippen LogP contribution in [0.2, 0.25) is 0 Å². The Labute approximate surface area is 396 Å². The lowest BCUT2D eigenvalue weighted by atomic mass is 9.99. The molecule has 4 aromatic carbocycles. The maximum atomic E-state index is 13.6. The number of aromatic nitrogens is 8. The number of benzene rings is 4. The number of aryl methyl sites for hydroxylation is 2. The summed E-state index contributed by atoms with van der Waals surface area (Å²) in [5.74, 6) is -0.261. The van der Waals surface area contributed by atoms with E-state index in [4.69, 9.17) is 5.73 Å². The minimum absolute atomic E-state index is 0. The summed E-state index contributed by atoms with van der Waals surface area (Å²) in [6.45, 7) is 11.5. The third-order valence-electron chi connectivity index (χ3n) is 11.5. The summed E-state index contributed by atoms with van der Waals surface area (Å²) in [4.78, 5) is 53.7. The molecule has 0 atom stereocenters. The number of carbonyl (C=O) groups excluding carboxylic acids is 1. The number of fused-ring (bicyclic) bond motifs is 2. The fourth-order valence-electron chi connectivity index (χ4n) is 7.58. The molecule has 0 saturated carbocycles. The average molecular weight is 921 g/mol. The summed E-state index contributed by atoms with van der Waals surface area (Å²) >= 11 is 0. The molecule has 68 heavy (non-hydrogen) atoms. The number of nitrogens with zero attached hydrogens (tertiary/aromatic N) is 11. The molecule has 4 N–H and O–H groups in total. The molecular formula is C51H58F2N14O. The van der Waals surface area contributed by atoms with Crippen molar-refractivity contribution in [2.24, 2.45) is 0 Å². The minimum Gasteiger partial charge on any atom is -0.368 e. The van der Waals surface area contributed by atoms with Crippen molar-refractivity contribution < 1.29 is 13.6 Å². The van der Waals surface area contributed by atoms with Crippen molar-refractivity contribution in [3.63, 3.8) is 0 Å². The maximum Gasteiger partial charge on any atom is 0.324 e. The monoisotopic (exact) mass is 920 g/mol. The summed E-state index contributed by atoms with van der Waals surface area (Å²) < 4.78 is 26.9. The molecule has 2 aliphatic rings. The summed E-state index contributed by atoms with van der Waals surface area (Å²) in [7, 11) is 4.19. The maximum absolute atomic E-state index is 13.6. The molecule has 0 spiro atoms. The summed E-state index contributed by atoms with van der Waals surface area (Å²) in [5, 5.41) is 7.98. The minimum atomic E-state index is -0.332. The van der Waals surface area contributed by atoms with E-state index in [1.807, 2.05) is 57.3 Å². The molecule has 352 valence electrons. The van der Waals surface area contributed by atoms with E-state index in [-0.39, 0.29) is 44.4 Å². The van der Waals surface area contributed by atoms with E-state index in [0.717, 1.165) is 92.8 Å². The highest BCUT2D eigenvalue weighted by molar-refractivity contribution is 5.92. The van der Waals surface area contributed by atoms with Gasteiger partial charge >= 0.3 is 6.03 Å². The number of piperazine rings is 2. The molecule has 0 unspecified atom stereocenters. The Morgan fingerprint density at radius 1 is 0.588 bits per heavy atom. The second kappa shape index (κ2) is 22.8. The number of hydrogen-bond donors (Lipinski definition) is 3. The Morgan fingerprint density at radius 3 is 1.53 bits per heavy atom. The lowest BCUT2D eigenvalue weighted by Gasteiger charge is -2.32. The van der Waals surface area contributed by atoms with Gasteiger partial charge in [0.1, 0.15) is 24.3 Å². The van der Waals surface area contributed by atoms with Gasteiger partial charge in [-0.15, -0.1) is 0 Å². The Morgan fingerprint density at radius 2 is 1.04 bits per heavy atom. The lowest BCUT2D eigenvalue weighted by molar-refractivity contribution is 0.164. The topological polar surface area (TPSA) is 180 Å². The third-order valence-corrected chi connectivity index (χ3v) is 11.5. The van der Waals surface area contributed by atoms with Crippen LogP contribution in [0.5, 0.6) is 0 Å². The predicted molar refractivity (Wildman–Crippen MR) is 268 cm³/mol. The van der Waals surface area contributed by atoms with Crippen LogP contribution in [0.3, 0.4) is 0 Å². The summed E-state index contributed by atoms with van der Waals surface area (Å²) in [6, 6.07) is 23.8. The molecule has 8 aromatic rings. The molecule has 2 saturated heterocycles. The zero-order valence-corrected chi connectivity index (χ0v) is 37.2. The van der Waals surface area contributed by atoms with Crippen LogP contribution in [0.15, 0.2) is 110 Å². The van der Waals surface area contributed by atoms with Crippen LogP contribution in [-0.2, 0) is 0 Å². The number of anilines is 2. The normalized spacial score (nSPS) is 13.8. The van der Waals surface area contributed by atoms with Gasteiger partial charge < -0.3 is 25.8 Å². The first-order valence-electron chi connectivity index (χ1n) is 21.6. The van der Waals surface area contributed by atoms with E-state index in [2.05, 4.69) is 67.4 Å². The quantitative estimate of drug-likeness (QED) is 0.150. The number of nitrogen functional groups attached to an aromatic ring is 1. The fraction of sp³-hybridized carbons (Fsp3) is 0.275. The second-order valence-electron chi connectivity index (χ2n) is 16.1. The molecular weight excluding hydrogens is 863 g/mol. The number of urea groups is 1. The van der Waals surface area contributed by atoms with Gasteiger partial charge in [-0.25, -0.2) is 53.4 Å². The molecule has 0 radical (unpaired) electrons. The Balaban J connectivity index is 0.000000196. The van der Waals surface area contributed by atoms with Crippen LogP contribution in [0.25, 0.3) is 66.6 Å². The lowest BCUT2D eigenvalue weighted by Crippen LogP contribution is -2.48. The molecule has 0 bridgehead atoms. The van der Waals surface area contributed by atoms with Gasteiger partial charge in [0.25, 0.3) is 0 Å². The van der Waals surface area contributed by atoms with Gasteiger partial charge in [0, 0.05) is 109 Å². The van der Waals surface area contributed by atoms with Crippen molar-refractivity contribution in [1.82, 2.24) is 59.9 Å². The molecule has 17 heteroatoms. The van der Waals surface area contributed by atoms with Crippen LogP contribution in [0.1, 0.15) is 26.2 Å². The van der Waals surface area contributed by atoms with E-state index in [9.17, 15) is 13.6 Å². The van der Waals surface area contributed by atoms with Crippen LogP contribution >= 0.6 is 0 Å². The first-order valence-corrected chi connectivity index (χ1v) is 21.6. The zero-order chi connectivity index (χ0) is 46.2. The number of likely N-dealkylation sites (N-methyl/N-ethyl adjacent to an activating group) is 2. The van der Waals surface area contributed by atoms with E-state index >= 15 is 0 Å². The van der Waals surface area contributed by atoms with Crippen molar-refractivity contribution >= 4 is 39.7 Å². The van der Waals surface area contributed by atoms with Crippen LogP contribution in [0, 0.1) is 25.5 Å². The number of rotatable bonds is 5. The molecule has 10 rings (SSSR count). The second-order valence-corrected chi connectivity index (χ2v) is 16.1. The summed E-state index contributed by atoms with van der Waals surface area (Å²) in [6.07, 6.45) is 6.46. The molecule has 6 heterocycles. The highest BCUT2D eigenvalue weighted by Crippen LogP contribution is 2.34. The van der Waals surface area contributed by atoms with Crippen LogP contribution in [-0.4, -0.2) is 127 Å². The van der Waals surface area contributed by atoms with E-state index in [0.29, 0.717) is 24.5 Å². The van der Waals surface area contributed by atoms with Crippen molar-refractivity contribution in [3.8, 4) is 44.8 Å². The number of nitrogens with one attached hydrogen (secondary N) is 2. The molecule has 2 amide bonds.